The van der Waals surface area contributed by atoms with Gasteiger partial charge >= 0.3 is 0 Å². The molecular formula is C22H24N10O2. The fourth-order valence-corrected chi connectivity index (χ4v) is 4.59. The molecule has 1 unspecified atom stereocenters. The molecule has 0 aliphatic carbocycles. The van der Waals surface area contributed by atoms with Crippen LogP contribution in [0.4, 0.5) is 0 Å². The lowest BCUT2D eigenvalue weighted by atomic mass is 10.2. The third-order valence-corrected chi connectivity index (χ3v) is 6.44. The molecule has 6 heterocycles. The zero-order chi connectivity index (χ0) is 23.4. The molecule has 1 amide bonds. The summed E-state index contributed by atoms with van der Waals surface area (Å²) in [4.78, 5) is 31.5. The van der Waals surface area contributed by atoms with Gasteiger partial charge in [0, 0.05) is 44.6 Å². The van der Waals surface area contributed by atoms with Gasteiger partial charge in [0.1, 0.15) is 29.5 Å². The fraction of sp³-hybridized carbons (Fsp3) is 0.364. The highest BCUT2D eigenvalue weighted by Gasteiger charge is 2.31. The molecule has 1 atom stereocenters. The second-order valence-electron chi connectivity index (χ2n) is 8.40. The van der Waals surface area contributed by atoms with Crippen LogP contribution in [0.1, 0.15) is 29.4 Å². The number of aryl methyl sites for hydroxylation is 2. The van der Waals surface area contributed by atoms with Gasteiger partial charge in [0.15, 0.2) is 11.2 Å². The molecule has 34 heavy (non-hydrogen) atoms. The van der Waals surface area contributed by atoms with E-state index in [0.717, 1.165) is 23.6 Å². The Hall–Kier alpha value is -4.22. The van der Waals surface area contributed by atoms with Crippen LogP contribution in [0.15, 0.2) is 31.1 Å². The van der Waals surface area contributed by atoms with E-state index in [9.17, 15) is 4.79 Å². The number of fused-ring (bicyclic) bond motifs is 2. The predicted octanol–water partition coefficient (Wildman–Crippen LogP) is 1.82. The van der Waals surface area contributed by atoms with Crippen LogP contribution < -0.4 is 4.74 Å². The maximum Gasteiger partial charge on any atom is 0.259 e. The smallest absolute Gasteiger partial charge is 0.259 e. The third kappa shape index (κ3) is 3.05. The van der Waals surface area contributed by atoms with E-state index in [4.69, 9.17) is 9.72 Å². The summed E-state index contributed by atoms with van der Waals surface area (Å²) in [5, 5.41) is 8.65. The van der Waals surface area contributed by atoms with Crippen LogP contribution in [-0.4, -0.2) is 73.9 Å². The molecule has 0 aromatic carbocycles. The van der Waals surface area contributed by atoms with E-state index in [1.807, 2.05) is 29.4 Å². The summed E-state index contributed by atoms with van der Waals surface area (Å²) in [6.45, 7) is 5.93. The molecule has 0 bridgehead atoms. The quantitative estimate of drug-likeness (QED) is 0.424. The van der Waals surface area contributed by atoms with Gasteiger partial charge < -0.3 is 19.2 Å². The monoisotopic (exact) mass is 460 g/mol. The molecule has 1 aliphatic rings. The van der Waals surface area contributed by atoms with E-state index in [1.165, 1.54) is 6.33 Å². The molecule has 1 fully saturated rings. The van der Waals surface area contributed by atoms with Crippen molar-refractivity contribution in [2.24, 2.45) is 7.05 Å². The summed E-state index contributed by atoms with van der Waals surface area (Å²) in [7, 11) is 1.92. The van der Waals surface area contributed by atoms with Crippen LogP contribution in [0.2, 0.25) is 0 Å². The van der Waals surface area contributed by atoms with Gasteiger partial charge in [-0.2, -0.15) is 15.2 Å². The van der Waals surface area contributed by atoms with E-state index >= 15 is 0 Å². The first-order valence-corrected chi connectivity index (χ1v) is 11.2. The van der Waals surface area contributed by atoms with Crippen LogP contribution in [-0.2, 0) is 13.6 Å². The molecule has 6 rings (SSSR count). The first-order valence-electron chi connectivity index (χ1n) is 11.2. The van der Waals surface area contributed by atoms with E-state index in [0.29, 0.717) is 47.8 Å². The highest BCUT2D eigenvalue weighted by Crippen LogP contribution is 2.30. The lowest BCUT2D eigenvalue weighted by molar-refractivity contribution is 0.0773. The largest absolute Gasteiger partial charge is 0.471 e. The lowest BCUT2D eigenvalue weighted by Crippen LogP contribution is -2.31. The minimum Gasteiger partial charge on any atom is -0.471 e. The molecule has 5 aromatic rings. The molecular weight excluding hydrogens is 436 g/mol. The average Bonchev–Trinajstić information content (AvgIpc) is 3.63. The van der Waals surface area contributed by atoms with Gasteiger partial charge in [-0.05, 0) is 13.8 Å². The van der Waals surface area contributed by atoms with E-state index in [2.05, 4.69) is 32.1 Å². The number of imidazole rings is 2. The SMILES string of the molecule is CCn1ncc(-c2nc3c(OC4CCN(C(=O)c5cnn6cc[nH]c56)C4)ncnc3n2C)c1C. The van der Waals surface area contributed by atoms with Gasteiger partial charge in [0.2, 0.25) is 5.88 Å². The normalized spacial score (nSPS) is 16.2. The maximum absolute atomic E-state index is 13.0. The number of aromatic amines is 1. The van der Waals surface area contributed by atoms with Crippen molar-refractivity contribution in [3.05, 3.63) is 42.4 Å². The number of ether oxygens (including phenoxy) is 1. The van der Waals surface area contributed by atoms with Crippen molar-refractivity contribution in [1.29, 1.82) is 0 Å². The third-order valence-electron chi connectivity index (χ3n) is 6.44. The summed E-state index contributed by atoms with van der Waals surface area (Å²) in [5.41, 5.74) is 4.50. The highest BCUT2D eigenvalue weighted by atomic mass is 16.5. The summed E-state index contributed by atoms with van der Waals surface area (Å²) < 4.78 is 11.8. The Morgan fingerprint density at radius 1 is 1.26 bits per heavy atom. The van der Waals surface area contributed by atoms with E-state index in [-0.39, 0.29) is 12.0 Å². The summed E-state index contributed by atoms with van der Waals surface area (Å²) in [6.07, 6.45) is 8.95. The number of carbonyl (C=O) groups is 1. The van der Waals surface area contributed by atoms with Crippen molar-refractivity contribution in [3.63, 3.8) is 0 Å². The number of rotatable bonds is 5. The summed E-state index contributed by atoms with van der Waals surface area (Å²) in [6, 6.07) is 0. The predicted molar refractivity (Wildman–Crippen MR) is 122 cm³/mol. The van der Waals surface area contributed by atoms with Gasteiger partial charge in [-0.25, -0.2) is 14.5 Å². The Kier molecular flexibility index (Phi) is 4.61. The molecule has 12 heteroatoms. The number of nitrogens with zero attached hydrogens (tertiary/aromatic N) is 9. The fourth-order valence-electron chi connectivity index (χ4n) is 4.59. The molecule has 1 aliphatic heterocycles. The number of H-pyrrole nitrogens is 1. The first kappa shape index (κ1) is 20.4. The van der Waals surface area contributed by atoms with Crippen LogP contribution in [0, 0.1) is 6.92 Å². The van der Waals surface area contributed by atoms with E-state index < -0.39 is 0 Å². The van der Waals surface area contributed by atoms with Gasteiger partial charge in [0.25, 0.3) is 5.91 Å². The van der Waals surface area contributed by atoms with Gasteiger partial charge in [-0.15, -0.1) is 0 Å². The molecule has 1 saturated heterocycles. The van der Waals surface area contributed by atoms with Gasteiger partial charge in [-0.3, -0.25) is 9.48 Å². The van der Waals surface area contributed by atoms with Crippen molar-refractivity contribution >= 4 is 22.7 Å². The molecule has 1 N–H and O–H groups in total. The summed E-state index contributed by atoms with van der Waals surface area (Å²) >= 11 is 0. The Labute approximate surface area is 194 Å². The van der Waals surface area contributed by atoms with Crippen molar-refractivity contribution in [2.45, 2.75) is 32.9 Å². The van der Waals surface area contributed by atoms with Gasteiger partial charge in [-0.1, -0.05) is 0 Å². The number of carbonyl (C=O) groups excluding carboxylic acids is 1. The van der Waals surface area contributed by atoms with Crippen molar-refractivity contribution in [1.82, 2.24) is 48.8 Å². The van der Waals surface area contributed by atoms with Crippen LogP contribution in [0.3, 0.4) is 0 Å². The molecule has 0 saturated carbocycles. The average molecular weight is 461 g/mol. The molecule has 5 aromatic heterocycles. The number of aromatic nitrogens is 9. The Morgan fingerprint density at radius 3 is 2.97 bits per heavy atom. The Balaban J connectivity index is 1.25. The minimum atomic E-state index is -0.188. The van der Waals surface area contributed by atoms with Gasteiger partial charge in [0.05, 0.1) is 24.5 Å². The molecule has 0 spiro atoms. The number of nitrogens with one attached hydrogen (secondary N) is 1. The number of likely N-dealkylation sites (tertiary alicyclic amines) is 1. The highest BCUT2D eigenvalue weighted by molar-refractivity contribution is 5.99. The Morgan fingerprint density at radius 2 is 2.15 bits per heavy atom. The second-order valence-corrected chi connectivity index (χ2v) is 8.40. The first-order chi connectivity index (χ1) is 16.5. The standard InChI is InChI=1S/C22H24N10O2/c1-4-31-13(2)15(9-26-31)19-28-17-20(29(19)3)24-12-25-21(17)34-14-5-7-30(11-14)22(33)16-10-27-32-8-6-23-18(16)32/h6,8-10,12,14,23H,4-5,7,11H2,1-3H3. The second kappa shape index (κ2) is 7.68. The van der Waals surface area contributed by atoms with Crippen LogP contribution >= 0.6 is 0 Å². The molecule has 174 valence electrons. The molecule has 12 nitrogen and oxygen atoms in total. The van der Waals surface area contributed by atoms with Crippen molar-refractivity contribution in [2.75, 3.05) is 13.1 Å². The van der Waals surface area contributed by atoms with Crippen molar-refractivity contribution < 1.29 is 9.53 Å². The zero-order valence-electron chi connectivity index (χ0n) is 19.1. The number of amides is 1. The topological polar surface area (TPSA) is 124 Å². The Bertz CT molecular complexity index is 1520. The minimum absolute atomic E-state index is 0.0695. The number of hydrogen-bond acceptors (Lipinski definition) is 7. The lowest BCUT2D eigenvalue weighted by Gasteiger charge is -2.16. The summed E-state index contributed by atoms with van der Waals surface area (Å²) in [5.74, 6) is 1.11. The van der Waals surface area contributed by atoms with Crippen LogP contribution in [0.25, 0.3) is 28.2 Å². The number of hydrogen-bond donors (Lipinski definition) is 1. The molecule has 0 radical (unpaired) electrons. The van der Waals surface area contributed by atoms with E-state index in [1.54, 1.807) is 28.0 Å². The van der Waals surface area contributed by atoms with Crippen molar-refractivity contribution in [3.8, 4) is 17.3 Å². The maximum atomic E-state index is 13.0. The zero-order valence-corrected chi connectivity index (χ0v) is 19.1. The van der Waals surface area contributed by atoms with Crippen LogP contribution in [0.5, 0.6) is 5.88 Å².